The number of benzene rings is 2. The number of H-pyrrole nitrogens is 1. The molecular weight excluding hydrogens is 453 g/mol. The number of nitrogens with zero attached hydrogens (tertiary/aromatic N) is 4. The van der Waals surface area contributed by atoms with Crippen molar-refractivity contribution < 1.29 is 27.9 Å². The van der Waals surface area contributed by atoms with Crippen LogP contribution in [-0.4, -0.2) is 48.1 Å². The van der Waals surface area contributed by atoms with Crippen LogP contribution in [0, 0.1) is 6.92 Å². The number of imidazole rings is 1. The van der Waals surface area contributed by atoms with Gasteiger partial charge >= 0.3 is 12.1 Å². The summed E-state index contributed by atoms with van der Waals surface area (Å²) in [6, 6.07) is 15.1. The molecule has 9 nitrogen and oxygen atoms in total. The number of nitrogens with one attached hydrogen (secondary N) is 2. The summed E-state index contributed by atoms with van der Waals surface area (Å²) in [5.41, 5.74) is 3.81. The molecule has 0 fully saturated rings. The fraction of sp³-hybridized carbons (Fsp3) is 0.136. The first-order valence-electron chi connectivity index (χ1n) is 9.79. The van der Waals surface area contributed by atoms with Gasteiger partial charge < -0.3 is 15.4 Å². The van der Waals surface area contributed by atoms with Crippen LogP contribution in [0.2, 0.25) is 0 Å². The molecule has 4 rings (SSSR count). The summed E-state index contributed by atoms with van der Waals surface area (Å²) in [4.78, 5) is 28.8. The zero-order valence-electron chi connectivity index (χ0n) is 17.7. The molecule has 34 heavy (non-hydrogen) atoms. The third kappa shape index (κ3) is 6.51. The van der Waals surface area contributed by atoms with Gasteiger partial charge in [-0.15, -0.1) is 5.10 Å². The lowest BCUT2D eigenvalue weighted by molar-refractivity contribution is -0.192. The van der Waals surface area contributed by atoms with Gasteiger partial charge in [0.1, 0.15) is 18.1 Å². The molecule has 2 heterocycles. The fourth-order valence-electron chi connectivity index (χ4n) is 2.79. The molecule has 0 bridgehead atoms. The minimum atomic E-state index is -5.08. The van der Waals surface area contributed by atoms with Gasteiger partial charge in [0.05, 0.1) is 6.20 Å². The molecule has 0 saturated heterocycles. The number of hydrogen-bond acceptors (Lipinski definition) is 5. The van der Waals surface area contributed by atoms with Crippen LogP contribution in [0.25, 0.3) is 11.3 Å². The lowest BCUT2D eigenvalue weighted by Crippen LogP contribution is -2.21. The monoisotopic (exact) mass is 472 g/mol. The lowest BCUT2D eigenvalue weighted by atomic mass is 10.0. The van der Waals surface area contributed by atoms with Gasteiger partial charge in [-0.25, -0.2) is 14.5 Å². The second kappa shape index (κ2) is 10.4. The number of hydrogen-bond donors (Lipinski definition) is 3. The van der Waals surface area contributed by atoms with Gasteiger partial charge in [-0.1, -0.05) is 35.5 Å². The van der Waals surface area contributed by atoms with Crippen molar-refractivity contribution in [3.8, 4) is 11.3 Å². The quantitative estimate of drug-likeness (QED) is 0.404. The summed E-state index contributed by atoms with van der Waals surface area (Å²) in [6.07, 6.45) is 0.224. The first kappa shape index (κ1) is 24.2. The van der Waals surface area contributed by atoms with Gasteiger partial charge in [0.2, 0.25) is 0 Å². The number of aromatic amines is 1. The number of carboxylic acid groups (broad SMARTS) is 1. The molecule has 2 aromatic heterocycles. The van der Waals surface area contributed by atoms with Crippen LogP contribution in [0.3, 0.4) is 0 Å². The maximum Gasteiger partial charge on any atom is 0.490 e. The minimum absolute atomic E-state index is 0.150. The number of rotatable bonds is 5. The van der Waals surface area contributed by atoms with E-state index in [1.807, 2.05) is 61.7 Å². The van der Waals surface area contributed by atoms with Crippen molar-refractivity contribution in [1.29, 1.82) is 0 Å². The molecule has 0 atom stereocenters. The second-order valence-electron chi connectivity index (χ2n) is 6.99. The number of aryl methyl sites for hydroxylation is 1. The number of aromatic nitrogens is 5. The van der Waals surface area contributed by atoms with Crippen molar-refractivity contribution in [2.24, 2.45) is 0 Å². The van der Waals surface area contributed by atoms with Crippen LogP contribution in [0.1, 0.15) is 21.7 Å². The van der Waals surface area contributed by atoms with E-state index in [0.29, 0.717) is 17.8 Å². The van der Waals surface area contributed by atoms with Crippen molar-refractivity contribution in [3.63, 3.8) is 0 Å². The Hall–Kier alpha value is -4.48. The third-order valence-electron chi connectivity index (χ3n) is 4.46. The van der Waals surface area contributed by atoms with Crippen molar-refractivity contribution in [2.45, 2.75) is 19.6 Å². The summed E-state index contributed by atoms with van der Waals surface area (Å²) in [6.45, 7) is 2.42. The Morgan fingerprint density at radius 2 is 1.85 bits per heavy atom. The molecule has 176 valence electrons. The number of para-hydroxylation sites is 1. The van der Waals surface area contributed by atoms with Crippen LogP contribution in [-0.2, 0) is 11.3 Å². The predicted molar refractivity (Wildman–Crippen MR) is 116 cm³/mol. The minimum Gasteiger partial charge on any atom is -0.475 e. The van der Waals surface area contributed by atoms with Crippen LogP contribution in [0.5, 0.6) is 0 Å². The lowest BCUT2D eigenvalue weighted by Gasteiger charge is -2.09. The molecule has 2 aromatic carbocycles. The fourth-order valence-corrected chi connectivity index (χ4v) is 2.79. The molecule has 1 amide bonds. The van der Waals surface area contributed by atoms with Crippen LogP contribution in [0.15, 0.2) is 67.1 Å². The molecule has 3 N–H and O–H groups in total. The number of amides is 1. The average molecular weight is 472 g/mol. The summed E-state index contributed by atoms with van der Waals surface area (Å²) >= 11 is 0. The van der Waals surface area contributed by atoms with E-state index in [9.17, 15) is 18.0 Å². The van der Waals surface area contributed by atoms with Gasteiger partial charge in [-0.05, 0) is 30.7 Å². The van der Waals surface area contributed by atoms with E-state index in [1.165, 1.54) is 0 Å². The highest BCUT2D eigenvalue weighted by molar-refractivity contribution is 6.05. The molecule has 0 aliphatic heterocycles. The number of carbonyl (C=O) groups is 2. The number of aliphatic carboxylic acids is 1. The number of alkyl halides is 3. The van der Waals surface area contributed by atoms with Gasteiger partial charge in [-0.2, -0.15) is 13.2 Å². The van der Waals surface area contributed by atoms with E-state index in [1.54, 1.807) is 17.1 Å². The van der Waals surface area contributed by atoms with E-state index in [0.717, 1.165) is 22.6 Å². The molecule has 0 unspecified atom stereocenters. The summed E-state index contributed by atoms with van der Waals surface area (Å²) in [5, 5.41) is 18.4. The summed E-state index contributed by atoms with van der Waals surface area (Å²) < 4.78 is 33.4. The first-order valence-corrected chi connectivity index (χ1v) is 9.79. The molecule has 0 spiro atoms. The van der Waals surface area contributed by atoms with Crippen LogP contribution in [0.4, 0.5) is 18.9 Å². The van der Waals surface area contributed by atoms with Crippen molar-refractivity contribution in [3.05, 3.63) is 84.1 Å². The standard InChI is InChI=1S/C20H18N6O.C2HF3O2/c1-14-7-8-15(11-17(14)20(27)23-16-5-3-2-4-6-16)18-12-26(25-24-18)13-19-21-9-10-22-19;3-2(4,5)1(6)7/h2-12H,13H2,1H3,(H,21,22)(H,23,27);(H,6,7). The average Bonchev–Trinajstić information content (AvgIpc) is 3.47. The van der Waals surface area contributed by atoms with Crippen molar-refractivity contribution >= 4 is 17.6 Å². The Balaban J connectivity index is 0.000000406. The molecule has 12 heteroatoms. The van der Waals surface area contributed by atoms with Crippen molar-refractivity contribution in [1.82, 2.24) is 25.0 Å². The zero-order chi connectivity index (χ0) is 24.7. The van der Waals surface area contributed by atoms with Crippen molar-refractivity contribution in [2.75, 3.05) is 5.32 Å². The Morgan fingerprint density at radius 3 is 2.47 bits per heavy atom. The van der Waals surface area contributed by atoms with Crippen LogP contribution >= 0.6 is 0 Å². The zero-order valence-corrected chi connectivity index (χ0v) is 17.7. The van der Waals surface area contributed by atoms with Gasteiger partial charge in [-0.3, -0.25) is 4.79 Å². The summed E-state index contributed by atoms with van der Waals surface area (Å²) in [5.74, 6) is -2.10. The highest BCUT2D eigenvalue weighted by Crippen LogP contribution is 2.21. The molecule has 0 aliphatic carbocycles. The van der Waals surface area contributed by atoms with E-state index in [-0.39, 0.29) is 5.91 Å². The molecule has 4 aromatic rings. The number of anilines is 1. The predicted octanol–water partition coefficient (Wildman–Crippen LogP) is 3.91. The Morgan fingerprint density at radius 1 is 1.15 bits per heavy atom. The van der Waals surface area contributed by atoms with Gasteiger partial charge in [0.25, 0.3) is 5.91 Å². The van der Waals surface area contributed by atoms with Gasteiger partial charge in [0.15, 0.2) is 0 Å². The number of halogens is 3. The maximum absolute atomic E-state index is 12.7. The largest absolute Gasteiger partial charge is 0.490 e. The molecule has 0 aliphatic rings. The van der Waals surface area contributed by atoms with E-state index >= 15 is 0 Å². The smallest absolute Gasteiger partial charge is 0.475 e. The van der Waals surface area contributed by atoms with Gasteiger partial charge in [0, 0.05) is 29.2 Å². The SMILES string of the molecule is Cc1ccc(-c2cn(Cc3ncc[nH]3)nn2)cc1C(=O)Nc1ccccc1.O=C(O)C(F)(F)F. The highest BCUT2D eigenvalue weighted by Gasteiger charge is 2.38. The second-order valence-corrected chi connectivity index (χ2v) is 6.99. The van der Waals surface area contributed by atoms with E-state index in [2.05, 4.69) is 25.6 Å². The first-order chi connectivity index (χ1) is 16.1. The maximum atomic E-state index is 12.7. The van der Waals surface area contributed by atoms with E-state index in [4.69, 9.17) is 9.90 Å². The highest BCUT2D eigenvalue weighted by atomic mass is 19.4. The normalized spacial score (nSPS) is 10.8. The molecule has 0 saturated carbocycles. The van der Waals surface area contributed by atoms with Crippen LogP contribution < -0.4 is 5.32 Å². The topological polar surface area (TPSA) is 126 Å². The molecule has 0 radical (unpaired) electrons. The number of carboxylic acids is 1. The Kier molecular flexibility index (Phi) is 7.41. The molecular formula is C22H19F3N6O3. The number of carbonyl (C=O) groups excluding carboxylic acids is 1. The Bertz CT molecular complexity index is 1250. The van der Waals surface area contributed by atoms with E-state index < -0.39 is 12.1 Å². The third-order valence-corrected chi connectivity index (χ3v) is 4.46. The summed E-state index contributed by atoms with van der Waals surface area (Å²) in [7, 11) is 0. The Labute approximate surface area is 191 Å².